The molecule has 0 radical (unpaired) electrons. The summed E-state index contributed by atoms with van der Waals surface area (Å²) < 4.78 is 5.11. The van der Waals surface area contributed by atoms with E-state index < -0.39 is 11.6 Å². The number of carboxylic acids is 1. The smallest absolute Gasteiger partial charge is 0.303 e. The summed E-state index contributed by atoms with van der Waals surface area (Å²) in [5.41, 5.74) is -0.435. The molecule has 0 heterocycles. The van der Waals surface area contributed by atoms with Gasteiger partial charge in [-0.05, 0) is 33.1 Å². The van der Waals surface area contributed by atoms with Crippen molar-refractivity contribution < 1.29 is 19.4 Å². The van der Waals surface area contributed by atoms with Gasteiger partial charge in [0.2, 0.25) is 0 Å². The second kappa shape index (κ2) is 6.43. The molecule has 0 bridgehead atoms. The lowest BCUT2D eigenvalue weighted by Gasteiger charge is -2.24. The lowest BCUT2D eigenvalue weighted by molar-refractivity contribution is -0.154. The predicted octanol–water partition coefficient (Wildman–Crippen LogP) is 2.36. The van der Waals surface area contributed by atoms with Crippen LogP contribution in [0.1, 0.15) is 52.9 Å². The molecule has 88 valence electrons. The molecule has 0 rings (SSSR count). The van der Waals surface area contributed by atoms with E-state index in [4.69, 9.17) is 9.84 Å². The fourth-order valence-corrected chi connectivity index (χ4v) is 1.44. The minimum absolute atomic E-state index is 0.216. The Morgan fingerprint density at radius 2 is 1.80 bits per heavy atom. The third-order valence-electron chi connectivity index (χ3n) is 2.09. The number of unbranched alkanes of at least 4 members (excludes halogenated alkanes) is 2. The van der Waals surface area contributed by atoms with Crippen LogP contribution in [0.2, 0.25) is 0 Å². The third kappa shape index (κ3) is 9.25. The zero-order chi connectivity index (χ0) is 11.9. The summed E-state index contributed by atoms with van der Waals surface area (Å²) in [6, 6.07) is 0. The van der Waals surface area contributed by atoms with Crippen molar-refractivity contribution in [2.75, 3.05) is 0 Å². The van der Waals surface area contributed by atoms with Crippen LogP contribution in [0.4, 0.5) is 0 Å². The fourth-order valence-electron chi connectivity index (χ4n) is 1.44. The van der Waals surface area contributed by atoms with E-state index in [1.165, 1.54) is 6.92 Å². The maximum atomic E-state index is 10.7. The van der Waals surface area contributed by atoms with E-state index in [2.05, 4.69) is 0 Å². The first-order chi connectivity index (χ1) is 6.83. The summed E-state index contributed by atoms with van der Waals surface area (Å²) >= 11 is 0. The van der Waals surface area contributed by atoms with Gasteiger partial charge in [-0.3, -0.25) is 9.59 Å². The predicted molar refractivity (Wildman–Crippen MR) is 56.6 cm³/mol. The van der Waals surface area contributed by atoms with Gasteiger partial charge >= 0.3 is 11.9 Å². The Hall–Kier alpha value is -1.06. The van der Waals surface area contributed by atoms with Crippen molar-refractivity contribution >= 4 is 11.9 Å². The Morgan fingerprint density at radius 3 is 2.27 bits per heavy atom. The van der Waals surface area contributed by atoms with Crippen molar-refractivity contribution in [2.45, 2.75) is 58.5 Å². The molecule has 0 fully saturated rings. The second-order valence-electron chi connectivity index (χ2n) is 4.31. The average Bonchev–Trinajstić information content (AvgIpc) is 1.99. The van der Waals surface area contributed by atoms with E-state index in [1.54, 1.807) is 0 Å². The Morgan fingerprint density at radius 1 is 1.20 bits per heavy atom. The van der Waals surface area contributed by atoms with Crippen LogP contribution in [0.3, 0.4) is 0 Å². The van der Waals surface area contributed by atoms with Crippen molar-refractivity contribution in [1.29, 1.82) is 0 Å². The standard InChI is InChI=1S/C11H20O4/c1-9(12)15-11(2,3)8-6-4-5-7-10(13)14/h4-8H2,1-3H3,(H,13,14). The van der Waals surface area contributed by atoms with Gasteiger partial charge in [0.05, 0.1) is 0 Å². The molecule has 4 nitrogen and oxygen atoms in total. The second-order valence-corrected chi connectivity index (χ2v) is 4.31. The zero-order valence-corrected chi connectivity index (χ0v) is 9.71. The number of rotatable bonds is 7. The third-order valence-corrected chi connectivity index (χ3v) is 2.09. The number of ether oxygens (including phenoxy) is 1. The summed E-state index contributed by atoms with van der Waals surface area (Å²) in [5, 5.41) is 8.42. The van der Waals surface area contributed by atoms with Crippen LogP contribution < -0.4 is 0 Å². The maximum absolute atomic E-state index is 10.7. The normalized spacial score (nSPS) is 11.1. The molecule has 0 saturated heterocycles. The monoisotopic (exact) mass is 216 g/mol. The molecule has 0 aromatic heterocycles. The van der Waals surface area contributed by atoms with E-state index in [0.717, 1.165) is 19.3 Å². The van der Waals surface area contributed by atoms with Crippen LogP contribution in [0.25, 0.3) is 0 Å². The van der Waals surface area contributed by atoms with Crippen LogP contribution in [-0.4, -0.2) is 22.6 Å². The molecule has 15 heavy (non-hydrogen) atoms. The van der Waals surface area contributed by atoms with Gasteiger partial charge in [-0.15, -0.1) is 0 Å². The molecule has 0 aliphatic heterocycles. The molecule has 0 aromatic rings. The first-order valence-corrected chi connectivity index (χ1v) is 5.25. The first kappa shape index (κ1) is 13.9. The molecule has 0 amide bonds. The molecule has 0 aliphatic carbocycles. The van der Waals surface area contributed by atoms with Gasteiger partial charge in [0.15, 0.2) is 0 Å². The van der Waals surface area contributed by atoms with Gasteiger partial charge in [-0.1, -0.05) is 6.42 Å². The van der Waals surface area contributed by atoms with Gasteiger partial charge in [-0.25, -0.2) is 0 Å². The van der Waals surface area contributed by atoms with Crippen LogP contribution in [0, 0.1) is 0 Å². The van der Waals surface area contributed by atoms with Crippen molar-refractivity contribution in [3.8, 4) is 0 Å². The number of carboxylic acid groups (broad SMARTS) is 1. The maximum Gasteiger partial charge on any atom is 0.303 e. The summed E-state index contributed by atoms with van der Waals surface area (Å²) in [7, 11) is 0. The molecule has 0 atom stereocenters. The highest BCUT2D eigenvalue weighted by molar-refractivity contribution is 5.66. The van der Waals surface area contributed by atoms with E-state index in [-0.39, 0.29) is 12.4 Å². The summed E-state index contributed by atoms with van der Waals surface area (Å²) in [5.74, 6) is -1.03. The summed E-state index contributed by atoms with van der Waals surface area (Å²) in [4.78, 5) is 21.0. The largest absolute Gasteiger partial charge is 0.481 e. The minimum Gasteiger partial charge on any atom is -0.481 e. The van der Waals surface area contributed by atoms with Gasteiger partial charge < -0.3 is 9.84 Å². The van der Waals surface area contributed by atoms with Crippen molar-refractivity contribution in [3.05, 3.63) is 0 Å². The van der Waals surface area contributed by atoms with Crippen LogP contribution in [0.15, 0.2) is 0 Å². The quantitative estimate of drug-likeness (QED) is 0.524. The van der Waals surface area contributed by atoms with Gasteiger partial charge in [-0.2, -0.15) is 0 Å². The molecule has 0 aromatic carbocycles. The molecule has 1 N–H and O–H groups in total. The van der Waals surface area contributed by atoms with Crippen molar-refractivity contribution in [1.82, 2.24) is 0 Å². The Bertz CT molecular complexity index is 221. The van der Waals surface area contributed by atoms with Crippen LogP contribution in [-0.2, 0) is 14.3 Å². The summed E-state index contributed by atoms with van der Waals surface area (Å²) in [6.07, 6.45) is 3.41. The van der Waals surface area contributed by atoms with Gasteiger partial charge in [0.1, 0.15) is 5.60 Å². The number of carbonyl (C=O) groups is 2. The van der Waals surface area contributed by atoms with E-state index in [0.29, 0.717) is 6.42 Å². The van der Waals surface area contributed by atoms with E-state index >= 15 is 0 Å². The number of aliphatic carboxylic acids is 1. The zero-order valence-electron chi connectivity index (χ0n) is 9.71. The Balaban J connectivity index is 3.57. The number of hydrogen-bond acceptors (Lipinski definition) is 3. The molecule has 0 unspecified atom stereocenters. The highest BCUT2D eigenvalue weighted by atomic mass is 16.6. The Labute approximate surface area is 90.6 Å². The number of hydrogen-bond donors (Lipinski definition) is 1. The van der Waals surface area contributed by atoms with Gasteiger partial charge in [0, 0.05) is 13.3 Å². The minimum atomic E-state index is -0.755. The van der Waals surface area contributed by atoms with Gasteiger partial charge in [0.25, 0.3) is 0 Å². The first-order valence-electron chi connectivity index (χ1n) is 5.25. The number of carbonyl (C=O) groups excluding carboxylic acids is 1. The lowest BCUT2D eigenvalue weighted by Crippen LogP contribution is -2.26. The molecule has 0 spiro atoms. The molecule has 0 aliphatic rings. The highest BCUT2D eigenvalue weighted by Crippen LogP contribution is 2.19. The van der Waals surface area contributed by atoms with E-state index in [1.807, 2.05) is 13.8 Å². The van der Waals surface area contributed by atoms with Crippen LogP contribution in [0.5, 0.6) is 0 Å². The molecule has 0 saturated carbocycles. The molecule has 4 heteroatoms. The van der Waals surface area contributed by atoms with Crippen LogP contribution >= 0.6 is 0 Å². The molecular weight excluding hydrogens is 196 g/mol. The topological polar surface area (TPSA) is 63.6 Å². The van der Waals surface area contributed by atoms with Crippen molar-refractivity contribution in [3.63, 3.8) is 0 Å². The molecular formula is C11H20O4. The lowest BCUT2D eigenvalue weighted by atomic mass is 10.00. The highest BCUT2D eigenvalue weighted by Gasteiger charge is 2.20. The van der Waals surface area contributed by atoms with E-state index in [9.17, 15) is 9.59 Å². The Kier molecular flexibility index (Phi) is 5.97. The van der Waals surface area contributed by atoms with Crippen molar-refractivity contribution in [2.24, 2.45) is 0 Å². The fraction of sp³-hybridized carbons (Fsp3) is 0.818. The summed E-state index contributed by atoms with van der Waals surface area (Å²) in [6.45, 7) is 5.13. The SMILES string of the molecule is CC(=O)OC(C)(C)CCCCCC(=O)O. The average molecular weight is 216 g/mol. The number of esters is 1.